The minimum atomic E-state index is -3.61. The van der Waals surface area contributed by atoms with Crippen LogP contribution in [-0.4, -0.2) is 19.7 Å². The van der Waals surface area contributed by atoms with Crippen molar-refractivity contribution in [3.63, 3.8) is 0 Å². The summed E-state index contributed by atoms with van der Waals surface area (Å²) in [5.74, 6) is 0.336. The first kappa shape index (κ1) is 13.3. The highest BCUT2D eigenvalue weighted by molar-refractivity contribution is 9.10. The highest BCUT2D eigenvalue weighted by Gasteiger charge is 2.22. The first-order chi connectivity index (χ1) is 8.46. The van der Waals surface area contributed by atoms with E-state index in [4.69, 9.17) is 8.60 Å². The number of aromatic nitrogens is 1. The van der Waals surface area contributed by atoms with E-state index in [-0.39, 0.29) is 0 Å². The zero-order valence-corrected chi connectivity index (χ0v) is 11.8. The predicted octanol–water partition coefficient (Wildman–Crippen LogP) is 2.50. The van der Waals surface area contributed by atoms with Crippen LogP contribution in [0.15, 0.2) is 45.7 Å². The van der Waals surface area contributed by atoms with Crippen LogP contribution in [0, 0.1) is 0 Å². The van der Waals surface area contributed by atoms with E-state index in [0.717, 1.165) is 10.7 Å². The highest BCUT2D eigenvalue weighted by atomic mass is 79.9. The summed E-state index contributed by atoms with van der Waals surface area (Å²) in [6.07, 6.45) is 2.83. The van der Waals surface area contributed by atoms with Gasteiger partial charge in [0.05, 0.1) is 12.5 Å². The van der Waals surface area contributed by atoms with E-state index in [0.29, 0.717) is 11.3 Å². The van der Waals surface area contributed by atoms with Gasteiger partial charge in [0.1, 0.15) is 0 Å². The van der Waals surface area contributed by atoms with E-state index in [1.54, 1.807) is 24.3 Å². The third kappa shape index (κ3) is 3.41. The second-order valence-electron chi connectivity index (χ2n) is 3.64. The van der Waals surface area contributed by atoms with Gasteiger partial charge in [-0.05, 0) is 17.7 Å². The van der Waals surface area contributed by atoms with Crippen LogP contribution in [0.25, 0.3) is 0 Å². The summed E-state index contributed by atoms with van der Waals surface area (Å²) in [4.78, 5) is 3.77. The van der Waals surface area contributed by atoms with E-state index in [2.05, 4.69) is 20.9 Å². The topological polar surface area (TPSA) is 69.4 Å². The van der Waals surface area contributed by atoms with Gasteiger partial charge in [0.25, 0.3) is 10.1 Å². The summed E-state index contributed by atoms with van der Waals surface area (Å²) in [7, 11) is -3.61. The lowest BCUT2D eigenvalue weighted by molar-refractivity contribution is 0.223. The summed E-state index contributed by atoms with van der Waals surface area (Å²) in [5.41, 5.74) is 0.667. The molecule has 1 aromatic carbocycles. The first-order valence-corrected chi connectivity index (χ1v) is 7.59. The second-order valence-corrected chi connectivity index (χ2v) is 6.15. The van der Waals surface area contributed by atoms with Gasteiger partial charge in [-0.2, -0.15) is 8.42 Å². The third-order valence-electron chi connectivity index (χ3n) is 2.15. The Labute approximate surface area is 113 Å². The Morgan fingerprint density at radius 1 is 1.33 bits per heavy atom. The molecule has 0 radical (unpaired) electrons. The summed E-state index contributed by atoms with van der Waals surface area (Å²) in [6, 6.07) is 7.10. The molecule has 1 heterocycles. The van der Waals surface area contributed by atoms with Gasteiger partial charge in [-0.3, -0.25) is 4.18 Å². The number of rotatable bonds is 4. The van der Waals surface area contributed by atoms with Crippen LogP contribution in [0.2, 0.25) is 0 Å². The van der Waals surface area contributed by atoms with Crippen LogP contribution in [0.1, 0.15) is 17.4 Å². The standard InChI is InChI=1S/C11H10BrNO4S/c1-18(14,15)17-11(10-6-13-7-16-10)8-2-4-9(12)5-3-8/h2-7,11H,1H3. The molecule has 0 saturated heterocycles. The van der Waals surface area contributed by atoms with Crippen molar-refractivity contribution in [2.75, 3.05) is 6.26 Å². The number of halogens is 1. The predicted molar refractivity (Wildman–Crippen MR) is 68.4 cm³/mol. The molecule has 0 saturated carbocycles. The fourth-order valence-corrected chi connectivity index (χ4v) is 2.25. The normalized spacial score (nSPS) is 13.4. The molecule has 96 valence electrons. The Bertz CT molecular complexity index is 607. The van der Waals surface area contributed by atoms with Gasteiger partial charge in [-0.15, -0.1) is 0 Å². The van der Waals surface area contributed by atoms with Crippen LogP contribution in [0.5, 0.6) is 0 Å². The Morgan fingerprint density at radius 2 is 2.00 bits per heavy atom. The lowest BCUT2D eigenvalue weighted by Crippen LogP contribution is -2.11. The largest absolute Gasteiger partial charge is 0.445 e. The zero-order chi connectivity index (χ0) is 13.2. The fraction of sp³-hybridized carbons (Fsp3) is 0.182. The van der Waals surface area contributed by atoms with Crippen molar-refractivity contribution in [3.05, 3.63) is 52.7 Å². The highest BCUT2D eigenvalue weighted by Crippen LogP contribution is 2.28. The van der Waals surface area contributed by atoms with Gasteiger partial charge >= 0.3 is 0 Å². The molecule has 1 aromatic heterocycles. The number of benzene rings is 1. The minimum absolute atomic E-state index is 0.336. The molecule has 0 spiro atoms. The lowest BCUT2D eigenvalue weighted by Gasteiger charge is -2.13. The maximum atomic E-state index is 11.3. The van der Waals surface area contributed by atoms with Crippen LogP contribution < -0.4 is 0 Å². The molecule has 2 rings (SSSR count). The summed E-state index contributed by atoms with van der Waals surface area (Å²) in [6.45, 7) is 0. The van der Waals surface area contributed by atoms with Gasteiger partial charge in [-0.25, -0.2) is 4.98 Å². The van der Waals surface area contributed by atoms with Gasteiger partial charge in [0.2, 0.25) is 0 Å². The molecule has 18 heavy (non-hydrogen) atoms. The van der Waals surface area contributed by atoms with Crippen LogP contribution in [0.3, 0.4) is 0 Å². The van der Waals surface area contributed by atoms with Crippen LogP contribution in [-0.2, 0) is 14.3 Å². The van der Waals surface area contributed by atoms with Crippen molar-refractivity contribution in [1.29, 1.82) is 0 Å². The maximum absolute atomic E-state index is 11.3. The monoisotopic (exact) mass is 331 g/mol. The van der Waals surface area contributed by atoms with Crippen molar-refractivity contribution < 1.29 is 17.0 Å². The van der Waals surface area contributed by atoms with Gasteiger partial charge in [0, 0.05) is 4.47 Å². The maximum Gasteiger partial charge on any atom is 0.265 e. The van der Waals surface area contributed by atoms with E-state index in [9.17, 15) is 8.42 Å². The number of nitrogens with zero attached hydrogens (tertiary/aromatic N) is 1. The summed E-state index contributed by atoms with van der Waals surface area (Å²) in [5, 5.41) is 0. The number of hydrogen-bond donors (Lipinski definition) is 0. The minimum Gasteiger partial charge on any atom is -0.445 e. The van der Waals surface area contributed by atoms with Gasteiger partial charge in [-0.1, -0.05) is 28.1 Å². The SMILES string of the molecule is CS(=O)(=O)OC(c1ccc(Br)cc1)c1cnco1. The molecule has 0 fully saturated rings. The van der Waals surface area contributed by atoms with Gasteiger partial charge in [0.15, 0.2) is 18.3 Å². The smallest absolute Gasteiger partial charge is 0.265 e. The number of oxazole rings is 1. The fourth-order valence-electron chi connectivity index (χ4n) is 1.43. The Balaban J connectivity index is 2.39. The van der Waals surface area contributed by atoms with E-state index >= 15 is 0 Å². The molecule has 0 aliphatic carbocycles. The Hall–Kier alpha value is -1.18. The summed E-state index contributed by atoms with van der Waals surface area (Å²) >= 11 is 3.31. The second kappa shape index (κ2) is 5.21. The van der Waals surface area contributed by atoms with Crippen molar-refractivity contribution in [2.24, 2.45) is 0 Å². The molecule has 0 amide bonds. The van der Waals surface area contributed by atoms with Crippen LogP contribution in [0.4, 0.5) is 0 Å². The molecule has 0 N–H and O–H groups in total. The molecular weight excluding hydrogens is 322 g/mol. The molecule has 0 bridgehead atoms. The molecule has 5 nitrogen and oxygen atoms in total. The van der Waals surface area contributed by atoms with Crippen molar-refractivity contribution >= 4 is 26.0 Å². The van der Waals surface area contributed by atoms with Crippen molar-refractivity contribution in [3.8, 4) is 0 Å². The Morgan fingerprint density at radius 3 is 2.50 bits per heavy atom. The lowest BCUT2D eigenvalue weighted by atomic mass is 10.1. The number of hydrogen-bond acceptors (Lipinski definition) is 5. The quantitative estimate of drug-likeness (QED) is 0.805. The molecular formula is C11H10BrNO4S. The van der Waals surface area contributed by atoms with E-state index < -0.39 is 16.2 Å². The van der Waals surface area contributed by atoms with E-state index in [1.807, 2.05) is 0 Å². The van der Waals surface area contributed by atoms with Crippen molar-refractivity contribution in [2.45, 2.75) is 6.10 Å². The van der Waals surface area contributed by atoms with Gasteiger partial charge < -0.3 is 4.42 Å². The molecule has 1 unspecified atom stereocenters. The summed E-state index contributed by atoms with van der Waals surface area (Å²) < 4.78 is 33.6. The third-order valence-corrected chi connectivity index (χ3v) is 3.22. The average molecular weight is 332 g/mol. The zero-order valence-electron chi connectivity index (χ0n) is 9.41. The molecule has 2 aromatic rings. The molecule has 0 aliphatic rings. The molecule has 0 aliphatic heterocycles. The molecule has 1 atom stereocenters. The van der Waals surface area contributed by atoms with Crippen LogP contribution >= 0.6 is 15.9 Å². The Kier molecular flexibility index (Phi) is 3.84. The molecule has 7 heteroatoms. The van der Waals surface area contributed by atoms with Crippen molar-refractivity contribution in [1.82, 2.24) is 4.98 Å². The first-order valence-electron chi connectivity index (χ1n) is 4.98. The van der Waals surface area contributed by atoms with E-state index in [1.165, 1.54) is 12.6 Å². The average Bonchev–Trinajstić information content (AvgIpc) is 2.79.